The third kappa shape index (κ3) is 7.83. The van der Waals surface area contributed by atoms with Gasteiger partial charge in [-0.05, 0) is 17.3 Å². The lowest BCUT2D eigenvalue weighted by Gasteiger charge is -2.22. The monoisotopic (exact) mass is 405 g/mol. The Labute approximate surface area is 120 Å². The number of amides is 1. The number of halogens is 7. The van der Waals surface area contributed by atoms with E-state index in [4.69, 9.17) is 0 Å². The molecule has 0 aromatic heterocycles. The van der Waals surface area contributed by atoms with Crippen molar-refractivity contribution < 1.29 is 31.1 Å². The molecule has 0 fully saturated rings. The van der Waals surface area contributed by atoms with E-state index in [1.54, 1.807) is 5.32 Å². The molecule has 0 radical (unpaired) electrons. The second-order valence-electron chi connectivity index (χ2n) is 3.91. The summed E-state index contributed by atoms with van der Waals surface area (Å²) in [6.45, 7) is -0.178. The maximum absolute atomic E-state index is 12.2. The Kier molecular flexibility index (Phi) is 8.06. The second-order valence-corrected chi connectivity index (χ2v) is 4.99. The molecule has 0 rings (SSSR count). The van der Waals surface area contributed by atoms with Crippen molar-refractivity contribution in [3.8, 4) is 0 Å². The highest BCUT2D eigenvalue weighted by Gasteiger charge is 2.60. The average Bonchev–Trinajstić information content (AvgIpc) is 2.18. The van der Waals surface area contributed by atoms with Gasteiger partial charge in [0.1, 0.15) is 0 Å². The molecule has 2 nitrogen and oxygen atoms in total. The molecular weight excluding hydrogens is 391 g/mol. The van der Waals surface area contributed by atoms with Crippen LogP contribution < -0.4 is 5.32 Å². The molecule has 0 aromatic carbocycles. The summed E-state index contributed by atoms with van der Waals surface area (Å²) >= 11 is 2.17. The molecule has 19 heavy (non-hydrogen) atoms. The van der Waals surface area contributed by atoms with Gasteiger partial charge in [-0.2, -0.15) is 26.3 Å². The number of alkyl halides is 7. The first-order chi connectivity index (χ1) is 8.60. The number of rotatable bonds is 7. The number of nitrogens with one attached hydrogen (secondary N) is 1. The fraction of sp³-hybridized carbons (Fsp3) is 0.900. The summed E-state index contributed by atoms with van der Waals surface area (Å²) in [4.78, 5) is 11.0. The van der Waals surface area contributed by atoms with Gasteiger partial charge in [-0.15, -0.1) is 0 Å². The van der Waals surface area contributed by atoms with Crippen molar-refractivity contribution in [3.63, 3.8) is 0 Å². The second kappa shape index (κ2) is 8.15. The summed E-state index contributed by atoms with van der Waals surface area (Å²) in [7, 11) is 0. The number of carbonyl (C=O) groups excluding carboxylic acids is 1. The van der Waals surface area contributed by atoms with Crippen LogP contribution in [0.5, 0.6) is 0 Å². The topological polar surface area (TPSA) is 29.1 Å². The van der Waals surface area contributed by atoms with E-state index in [1.807, 2.05) is 0 Å². The summed E-state index contributed by atoms with van der Waals surface area (Å²) in [5.41, 5.74) is 0. The minimum Gasteiger partial charge on any atom is -0.355 e. The first kappa shape index (κ1) is 18.8. The van der Waals surface area contributed by atoms with Gasteiger partial charge in [0.05, 0.1) is 0 Å². The van der Waals surface area contributed by atoms with Crippen LogP contribution in [0.2, 0.25) is 0 Å². The Morgan fingerprint density at radius 3 is 1.84 bits per heavy atom. The quantitative estimate of drug-likeness (QED) is 0.297. The predicted molar refractivity (Wildman–Crippen MR) is 66.0 cm³/mol. The molecule has 0 spiro atoms. The fourth-order valence-corrected chi connectivity index (χ4v) is 1.91. The molecule has 0 atom stereocenters. The van der Waals surface area contributed by atoms with E-state index in [0.29, 0.717) is 12.8 Å². The van der Waals surface area contributed by atoms with Gasteiger partial charge < -0.3 is 5.32 Å². The SMILES string of the molecule is O=C(NCCCCCCI)C(C(F)(F)F)C(F)(F)F. The highest BCUT2D eigenvalue weighted by Crippen LogP contribution is 2.39. The maximum atomic E-state index is 12.2. The van der Waals surface area contributed by atoms with Crippen LogP contribution in [0.4, 0.5) is 26.3 Å². The highest BCUT2D eigenvalue weighted by molar-refractivity contribution is 14.1. The molecule has 0 unspecified atom stereocenters. The van der Waals surface area contributed by atoms with Crippen LogP contribution in [0.3, 0.4) is 0 Å². The predicted octanol–water partition coefficient (Wildman–Crippen LogP) is 3.84. The van der Waals surface area contributed by atoms with Crippen molar-refractivity contribution in [2.45, 2.75) is 38.0 Å². The van der Waals surface area contributed by atoms with Gasteiger partial charge in [0.2, 0.25) is 11.8 Å². The molecule has 0 saturated heterocycles. The van der Waals surface area contributed by atoms with Crippen LogP contribution in [0.1, 0.15) is 25.7 Å². The van der Waals surface area contributed by atoms with E-state index in [-0.39, 0.29) is 6.54 Å². The van der Waals surface area contributed by atoms with E-state index in [2.05, 4.69) is 22.6 Å². The Morgan fingerprint density at radius 1 is 0.947 bits per heavy atom. The van der Waals surface area contributed by atoms with Crippen molar-refractivity contribution in [2.75, 3.05) is 11.0 Å². The number of carbonyl (C=O) groups is 1. The molecule has 0 aliphatic heterocycles. The number of hydrogen-bond acceptors (Lipinski definition) is 1. The van der Waals surface area contributed by atoms with E-state index < -0.39 is 24.2 Å². The lowest BCUT2D eigenvalue weighted by atomic mass is 10.1. The lowest BCUT2D eigenvalue weighted by Crippen LogP contribution is -2.48. The number of unbranched alkanes of at least 4 members (excludes halogenated alkanes) is 3. The Bertz CT molecular complexity index is 264. The third-order valence-corrected chi connectivity index (χ3v) is 3.04. The van der Waals surface area contributed by atoms with E-state index in [0.717, 1.165) is 17.3 Å². The van der Waals surface area contributed by atoms with Gasteiger partial charge >= 0.3 is 12.4 Å². The van der Waals surface area contributed by atoms with Crippen LogP contribution in [-0.4, -0.2) is 29.2 Å². The molecule has 1 amide bonds. The zero-order chi connectivity index (χ0) is 15.1. The molecule has 1 N–H and O–H groups in total. The van der Waals surface area contributed by atoms with E-state index >= 15 is 0 Å². The van der Waals surface area contributed by atoms with Gasteiger partial charge in [0, 0.05) is 6.54 Å². The molecule has 0 bridgehead atoms. The van der Waals surface area contributed by atoms with Crippen LogP contribution in [0.25, 0.3) is 0 Å². The lowest BCUT2D eigenvalue weighted by molar-refractivity contribution is -0.274. The highest BCUT2D eigenvalue weighted by atomic mass is 127. The minimum atomic E-state index is -5.62. The minimum absolute atomic E-state index is 0.178. The molecule has 0 aromatic rings. The first-order valence-corrected chi connectivity index (χ1v) is 7.10. The van der Waals surface area contributed by atoms with Gasteiger partial charge in [-0.3, -0.25) is 4.79 Å². The van der Waals surface area contributed by atoms with E-state index in [9.17, 15) is 31.1 Å². The first-order valence-electron chi connectivity index (χ1n) is 5.57. The molecule has 9 heteroatoms. The van der Waals surface area contributed by atoms with Crippen molar-refractivity contribution in [2.24, 2.45) is 5.92 Å². The van der Waals surface area contributed by atoms with Crippen LogP contribution in [0, 0.1) is 5.92 Å². The summed E-state index contributed by atoms with van der Waals surface area (Å²) < 4.78 is 73.9. The molecule has 0 saturated carbocycles. The molecule has 0 heterocycles. The zero-order valence-corrected chi connectivity index (χ0v) is 12.0. The van der Waals surface area contributed by atoms with E-state index in [1.165, 1.54) is 0 Å². The van der Waals surface area contributed by atoms with Crippen LogP contribution >= 0.6 is 22.6 Å². The molecular formula is C10H14F6INO. The van der Waals surface area contributed by atoms with Crippen molar-refractivity contribution in [1.82, 2.24) is 5.32 Å². The Hall–Kier alpha value is -0.220. The molecule has 114 valence electrons. The standard InChI is InChI=1S/C10H14F6INO/c11-9(12,13)7(10(14,15)16)8(19)18-6-4-2-1-3-5-17/h7H,1-6H2,(H,18,19). The molecule has 0 aliphatic carbocycles. The summed E-state index contributed by atoms with van der Waals surface area (Å²) in [5, 5.41) is 1.69. The fourth-order valence-electron chi connectivity index (χ4n) is 1.37. The number of hydrogen-bond donors (Lipinski definition) is 1. The Morgan fingerprint density at radius 2 is 1.42 bits per heavy atom. The molecule has 0 aliphatic rings. The van der Waals surface area contributed by atoms with Crippen LogP contribution in [0.15, 0.2) is 0 Å². The van der Waals surface area contributed by atoms with Crippen molar-refractivity contribution in [1.29, 1.82) is 0 Å². The zero-order valence-electron chi connectivity index (χ0n) is 9.87. The van der Waals surface area contributed by atoms with Crippen LogP contribution in [-0.2, 0) is 4.79 Å². The normalized spacial score (nSPS) is 12.8. The van der Waals surface area contributed by atoms with Gasteiger partial charge in [0.25, 0.3) is 0 Å². The van der Waals surface area contributed by atoms with Crippen molar-refractivity contribution >= 4 is 28.5 Å². The summed E-state index contributed by atoms with van der Waals surface area (Å²) in [6, 6.07) is 0. The summed E-state index contributed by atoms with van der Waals surface area (Å²) in [5.74, 6) is -5.98. The average molecular weight is 405 g/mol. The summed E-state index contributed by atoms with van der Waals surface area (Å²) in [6.07, 6.45) is -8.45. The largest absolute Gasteiger partial charge is 0.409 e. The van der Waals surface area contributed by atoms with Gasteiger partial charge in [-0.25, -0.2) is 0 Å². The Balaban J connectivity index is 4.22. The maximum Gasteiger partial charge on any atom is 0.409 e. The van der Waals surface area contributed by atoms with Crippen molar-refractivity contribution in [3.05, 3.63) is 0 Å². The van der Waals surface area contributed by atoms with Gasteiger partial charge in [-0.1, -0.05) is 35.4 Å². The smallest absolute Gasteiger partial charge is 0.355 e. The van der Waals surface area contributed by atoms with Gasteiger partial charge in [0.15, 0.2) is 0 Å². The third-order valence-electron chi connectivity index (χ3n) is 2.28.